The highest BCUT2D eigenvalue weighted by molar-refractivity contribution is 5.69. The molecule has 1 atom stereocenters. The van der Waals surface area contributed by atoms with E-state index in [1.54, 1.807) is 0 Å². The van der Waals surface area contributed by atoms with E-state index in [0.717, 1.165) is 31.2 Å². The Morgan fingerprint density at radius 2 is 1.92 bits per heavy atom. The Kier molecular flexibility index (Phi) is 10.3. The summed E-state index contributed by atoms with van der Waals surface area (Å²) in [6, 6.07) is 9.51. The van der Waals surface area contributed by atoms with Crippen molar-refractivity contribution < 1.29 is 19.1 Å². The lowest BCUT2D eigenvalue weighted by Gasteiger charge is -2.13. The van der Waals surface area contributed by atoms with E-state index in [9.17, 15) is 9.59 Å². The van der Waals surface area contributed by atoms with E-state index in [2.05, 4.69) is 5.32 Å². The highest BCUT2D eigenvalue weighted by Gasteiger charge is 2.09. The summed E-state index contributed by atoms with van der Waals surface area (Å²) < 4.78 is 10.2. The first kappa shape index (κ1) is 20.0. The van der Waals surface area contributed by atoms with Gasteiger partial charge in [0, 0.05) is 13.0 Å². The van der Waals surface area contributed by atoms with Gasteiger partial charge in [-0.1, -0.05) is 43.7 Å². The molecule has 0 aliphatic heterocycles. The van der Waals surface area contributed by atoms with E-state index < -0.39 is 12.3 Å². The van der Waals surface area contributed by atoms with Gasteiger partial charge >= 0.3 is 12.1 Å². The van der Waals surface area contributed by atoms with Gasteiger partial charge in [0.05, 0.1) is 0 Å². The Morgan fingerprint density at radius 1 is 1.17 bits per heavy atom. The largest absolute Gasteiger partial charge is 0.447 e. The van der Waals surface area contributed by atoms with Crippen LogP contribution in [0, 0.1) is 0 Å². The quantitative estimate of drug-likeness (QED) is 0.368. The SMILES string of the molecule is CCCCC(=O)O[C@@H](N)CCCCNC(=O)OCc1ccccc1. The molecule has 0 radical (unpaired) electrons. The van der Waals surface area contributed by atoms with Gasteiger partial charge in [-0.05, 0) is 31.2 Å². The Balaban J connectivity index is 2.00. The lowest BCUT2D eigenvalue weighted by Crippen LogP contribution is -2.28. The van der Waals surface area contributed by atoms with Gasteiger partial charge in [0.1, 0.15) is 6.61 Å². The number of alkyl carbamates (subject to hydrolysis) is 1. The molecule has 0 aromatic heterocycles. The minimum atomic E-state index is -0.570. The number of benzene rings is 1. The molecular weight excluding hydrogens is 308 g/mol. The van der Waals surface area contributed by atoms with Crippen molar-refractivity contribution in [2.24, 2.45) is 5.73 Å². The monoisotopic (exact) mass is 336 g/mol. The molecule has 0 spiro atoms. The van der Waals surface area contributed by atoms with Gasteiger partial charge in [0.25, 0.3) is 0 Å². The fraction of sp³-hybridized carbons (Fsp3) is 0.556. The number of ether oxygens (including phenoxy) is 2. The van der Waals surface area contributed by atoms with Crippen LogP contribution in [0.4, 0.5) is 4.79 Å². The van der Waals surface area contributed by atoms with Crippen LogP contribution in [-0.4, -0.2) is 24.8 Å². The van der Waals surface area contributed by atoms with E-state index in [0.29, 0.717) is 19.4 Å². The molecule has 24 heavy (non-hydrogen) atoms. The van der Waals surface area contributed by atoms with E-state index in [1.165, 1.54) is 0 Å². The summed E-state index contributed by atoms with van der Waals surface area (Å²) in [5.41, 5.74) is 6.69. The summed E-state index contributed by atoms with van der Waals surface area (Å²) in [5.74, 6) is -0.244. The molecular formula is C18H28N2O4. The number of hydrogen-bond donors (Lipinski definition) is 2. The Labute approximate surface area is 143 Å². The van der Waals surface area contributed by atoms with Gasteiger partial charge in [-0.25, -0.2) is 4.79 Å². The number of rotatable bonds is 11. The van der Waals surface area contributed by atoms with Crippen LogP contribution in [-0.2, 0) is 20.9 Å². The van der Waals surface area contributed by atoms with Crippen molar-refractivity contribution in [3.05, 3.63) is 35.9 Å². The highest BCUT2D eigenvalue weighted by Crippen LogP contribution is 2.04. The van der Waals surface area contributed by atoms with Crippen LogP contribution in [0.25, 0.3) is 0 Å². The first-order valence-corrected chi connectivity index (χ1v) is 8.51. The number of nitrogens with two attached hydrogens (primary N) is 1. The Hall–Kier alpha value is -2.08. The second-order valence-corrected chi connectivity index (χ2v) is 5.62. The molecule has 0 saturated heterocycles. The van der Waals surface area contributed by atoms with E-state index in [4.69, 9.17) is 15.2 Å². The molecule has 1 amide bonds. The molecule has 0 saturated carbocycles. The van der Waals surface area contributed by atoms with Crippen molar-refractivity contribution in [3.8, 4) is 0 Å². The zero-order chi connectivity index (χ0) is 17.6. The molecule has 0 unspecified atom stereocenters. The number of hydrogen-bond acceptors (Lipinski definition) is 5. The minimum Gasteiger partial charge on any atom is -0.447 e. The molecule has 6 heteroatoms. The third-order valence-corrected chi connectivity index (χ3v) is 3.41. The number of carbonyl (C=O) groups is 2. The number of carbonyl (C=O) groups excluding carboxylic acids is 2. The molecule has 6 nitrogen and oxygen atoms in total. The van der Waals surface area contributed by atoms with Crippen LogP contribution in [0.1, 0.15) is 51.0 Å². The van der Waals surface area contributed by atoms with Crippen molar-refractivity contribution in [2.45, 2.75) is 58.3 Å². The second kappa shape index (κ2) is 12.4. The first-order valence-electron chi connectivity index (χ1n) is 8.51. The molecule has 134 valence electrons. The van der Waals surface area contributed by atoms with Crippen molar-refractivity contribution in [3.63, 3.8) is 0 Å². The van der Waals surface area contributed by atoms with Crippen LogP contribution >= 0.6 is 0 Å². The number of unbranched alkanes of at least 4 members (excludes halogenated alkanes) is 2. The van der Waals surface area contributed by atoms with Gasteiger partial charge < -0.3 is 14.8 Å². The lowest BCUT2D eigenvalue weighted by molar-refractivity contribution is -0.149. The van der Waals surface area contributed by atoms with Crippen molar-refractivity contribution >= 4 is 12.1 Å². The van der Waals surface area contributed by atoms with Gasteiger partial charge in [-0.15, -0.1) is 0 Å². The average Bonchev–Trinajstić information content (AvgIpc) is 2.58. The van der Waals surface area contributed by atoms with Crippen LogP contribution < -0.4 is 11.1 Å². The summed E-state index contributed by atoms with van der Waals surface area (Å²) >= 11 is 0. The standard InChI is InChI=1S/C18H28N2O4/c1-2-3-12-17(21)24-16(19)11-7-8-13-20-18(22)23-14-15-9-5-4-6-10-15/h4-6,9-10,16H,2-3,7-8,11-14,19H2,1H3,(H,20,22)/t16-/m1/s1. The van der Waals surface area contributed by atoms with Crippen LogP contribution in [0.2, 0.25) is 0 Å². The maximum absolute atomic E-state index is 11.5. The number of amides is 1. The lowest BCUT2D eigenvalue weighted by atomic mass is 10.2. The van der Waals surface area contributed by atoms with Crippen molar-refractivity contribution in [1.82, 2.24) is 5.32 Å². The summed E-state index contributed by atoms with van der Waals surface area (Å²) in [6.45, 7) is 2.78. The van der Waals surface area contributed by atoms with Gasteiger partial charge in [-0.2, -0.15) is 0 Å². The summed E-state index contributed by atoms with van der Waals surface area (Å²) in [5, 5.41) is 2.69. The molecule has 1 aromatic rings. The van der Waals surface area contributed by atoms with Gasteiger partial charge in [0.2, 0.25) is 0 Å². The fourth-order valence-corrected chi connectivity index (χ4v) is 2.04. The van der Waals surface area contributed by atoms with E-state index in [-0.39, 0.29) is 12.6 Å². The Morgan fingerprint density at radius 3 is 2.62 bits per heavy atom. The van der Waals surface area contributed by atoms with Crippen molar-refractivity contribution in [1.29, 1.82) is 0 Å². The molecule has 0 bridgehead atoms. The summed E-state index contributed by atoms with van der Waals surface area (Å²) in [6.07, 6.45) is 3.28. The van der Waals surface area contributed by atoms with Crippen LogP contribution in [0.3, 0.4) is 0 Å². The zero-order valence-corrected chi connectivity index (χ0v) is 14.3. The molecule has 3 N–H and O–H groups in total. The van der Waals surface area contributed by atoms with E-state index in [1.807, 2.05) is 37.3 Å². The zero-order valence-electron chi connectivity index (χ0n) is 14.3. The van der Waals surface area contributed by atoms with E-state index >= 15 is 0 Å². The molecule has 0 aliphatic carbocycles. The molecule has 1 rings (SSSR count). The molecule has 1 aromatic carbocycles. The smallest absolute Gasteiger partial charge is 0.407 e. The maximum atomic E-state index is 11.5. The first-order chi connectivity index (χ1) is 11.6. The normalized spacial score (nSPS) is 11.6. The molecule has 0 fully saturated rings. The third-order valence-electron chi connectivity index (χ3n) is 3.41. The van der Waals surface area contributed by atoms with Gasteiger partial charge in [0.15, 0.2) is 6.23 Å². The average molecular weight is 336 g/mol. The minimum absolute atomic E-state index is 0.244. The summed E-state index contributed by atoms with van der Waals surface area (Å²) in [4.78, 5) is 22.9. The van der Waals surface area contributed by atoms with Crippen LogP contribution in [0.5, 0.6) is 0 Å². The molecule has 0 aliphatic rings. The molecule has 0 heterocycles. The van der Waals surface area contributed by atoms with Crippen LogP contribution in [0.15, 0.2) is 30.3 Å². The Bertz CT molecular complexity index is 479. The predicted molar refractivity (Wildman–Crippen MR) is 92.1 cm³/mol. The highest BCUT2D eigenvalue weighted by atomic mass is 16.6. The maximum Gasteiger partial charge on any atom is 0.407 e. The number of esters is 1. The third kappa shape index (κ3) is 9.84. The second-order valence-electron chi connectivity index (χ2n) is 5.62. The van der Waals surface area contributed by atoms with Gasteiger partial charge in [-0.3, -0.25) is 10.5 Å². The fourth-order valence-electron chi connectivity index (χ4n) is 2.04. The predicted octanol–water partition coefficient (Wildman–Crippen LogP) is 3.10. The van der Waals surface area contributed by atoms with Crippen molar-refractivity contribution in [2.75, 3.05) is 6.54 Å². The number of nitrogens with one attached hydrogen (secondary N) is 1. The summed E-state index contributed by atoms with van der Waals surface area (Å²) in [7, 11) is 0. The topological polar surface area (TPSA) is 90.6 Å².